The van der Waals surface area contributed by atoms with E-state index in [-0.39, 0.29) is 0 Å². The number of hydrogen-bond donors (Lipinski definition) is 1. The van der Waals surface area contributed by atoms with Gasteiger partial charge in [0.1, 0.15) is 12.4 Å². The molecule has 0 radical (unpaired) electrons. The first-order chi connectivity index (χ1) is 11.1. The summed E-state index contributed by atoms with van der Waals surface area (Å²) in [6.07, 6.45) is 5.23. The van der Waals surface area contributed by atoms with Crippen molar-refractivity contribution in [2.75, 3.05) is 5.32 Å². The highest BCUT2D eigenvalue weighted by Crippen LogP contribution is 2.23. The number of hydrogen-bond acceptors (Lipinski definition) is 5. The maximum Gasteiger partial charge on any atom is 0.180 e. The Morgan fingerprint density at radius 1 is 1.22 bits per heavy atom. The summed E-state index contributed by atoms with van der Waals surface area (Å²) < 4.78 is 5.89. The molecule has 1 N–H and O–H groups in total. The van der Waals surface area contributed by atoms with Crippen molar-refractivity contribution in [3.63, 3.8) is 0 Å². The van der Waals surface area contributed by atoms with Crippen molar-refractivity contribution >= 4 is 5.82 Å². The van der Waals surface area contributed by atoms with Gasteiger partial charge in [-0.2, -0.15) is 0 Å². The van der Waals surface area contributed by atoms with Gasteiger partial charge in [-0.25, -0.2) is 9.97 Å². The third kappa shape index (κ3) is 5.51. The normalized spacial score (nSPS) is 12.0. The molecular formula is C18H26N4O. The molecule has 124 valence electrons. The van der Waals surface area contributed by atoms with Gasteiger partial charge in [0.15, 0.2) is 11.6 Å². The predicted octanol–water partition coefficient (Wildman–Crippen LogP) is 4.06. The highest BCUT2D eigenvalue weighted by Gasteiger charge is 2.11. The third-order valence-electron chi connectivity index (χ3n) is 3.57. The number of nitrogens with one attached hydrogen (secondary N) is 1. The second-order valence-corrected chi connectivity index (χ2v) is 5.88. The molecule has 0 fully saturated rings. The molecule has 0 aromatic carbocycles. The van der Waals surface area contributed by atoms with Gasteiger partial charge in [-0.15, -0.1) is 0 Å². The van der Waals surface area contributed by atoms with Crippen molar-refractivity contribution in [1.29, 1.82) is 0 Å². The average molecular weight is 314 g/mol. The lowest BCUT2D eigenvalue weighted by molar-refractivity contribution is 0.299. The molecule has 0 aliphatic rings. The van der Waals surface area contributed by atoms with E-state index in [0.29, 0.717) is 18.4 Å². The van der Waals surface area contributed by atoms with Crippen LogP contribution in [0.2, 0.25) is 0 Å². The molecular weight excluding hydrogens is 288 g/mol. The Kier molecular flexibility index (Phi) is 6.32. The fourth-order valence-electron chi connectivity index (χ4n) is 2.32. The van der Waals surface area contributed by atoms with Crippen molar-refractivity contribution in [1.82, 2.24) is 15.0 Å². The van der Waals surface area contributed by atoms with E-state index < -0.39 is 0 Å². The summed E-state index contributed by atoms with van der Waals surface area (Å²) in [6.45, 7) is 8.63. The summed E-state index contributed by atoms with van der Waals surface area (Å²) in [4.78, 5) is 13.2. The third-order valence-corrected chi connectivity index (χ3v) is 3.57. The van der Waals surface area contributed by atoms with Gasteiger partial charge < -0.3 is 10.1 Å². The molecule has 0 spiro atoms. The lowest BCUT2D eigenvalue weighted by Gasteiger charge is -2.17. The number of rotatable bonds is 8. The van der Waals surface area contributed by atoms with Gasteiger partial charge >= 0.3 is 0 Å². The van der Waals surface area contributed by atoms with Gasteiger partial charge in [-0.1, -0.05) is 25.8 Å². The number of aromatic nitrogens is 3. The minimum Gasteiger partial charge on any atom is -0.482 e. The zero-order chi connectivity index (χ0) is 16.7. The Hall–Kier alpha value is -2.17. The van der Waals surface area contributed by atoms with Crippen LogP contribution in [0, 0.1) is 13.8 Å². The molecule has 0 bridgehead atoms. The number of ether oxygens (including phenoxy) is 1. The van der Waals surface area contributed by atoms with E-state index in [2.05, 4.69) is 34.1 Å². The first-order valence-electron chi connectivity index (χ1n) is 8.24. The summed E-state index contributed by atoms with van der Waals surface area (Å²) in [5.74, 6) is 2.16. The largest absolute Gasteiger partial charge is 0.482 e. The summed E-state index contributed by atoms with van der Waals surface area (Å²) in [6, 6.07) is 6.27. The maximum atomic E-state index is 5.89. The van der Waals surface area contributed by atoms with E-state index >= 15 is 0 Å². The fourth-order valence-corrected chi connectivity index (χ4v) is 2.32. The zero-order valence-corrected chi connectivity index (χ0v) is 14.5. The van der Waals surface area contributed by atoms with Crippen molar-refractivity contribution in [3.05, 3.63) is 41.6 Å². The predicted molar refractivity (Wildman–Crippen MR) is 92.7 cm³/mol. The van der Waals surface area contributed by atoms with Crippen LogP contribution >= 0.6 is 0 Å². The highest BCUT2D eigenvalue weighted by atomic mass is 16.5. The van der Waals surface area contributed by atoms with Crippen molar-refractivity contribution in [2.45, 2.75) is 59.6 Å². The number of pyridine rings is 1. The first-order valence-corrected chi connectivity index (χ1v) is 8.24. The second kappa shape index (κ2) is 8.46. The Balaban J connectivity index is 2.05. The quantitative estimate of drug-likeness (QED) is 0.796. The monoisotopic (exact) mass is 314 g/mol. The summed E-state index contributed by atoms with van der Waals surface area (Å²) in [7, 11) is 0. The number of anilines is 1. The number of aryl methyl sites for hydroxylation is 2. The van der Waals surface area contributed by atoms with Crippen molar-refractivity contribution in [2.24, 2.45) is 0 Å². The van der Waals surface area contributed by atoms with Crippen molar-refractivity contribution in [3.8, 4) is 5.75 Å². The molecule has 2 aromatic heterocycles. The molecule has 0 saturated heterocycles. The lowest BCUT2D eigenvalue weighted by Crippen LogP contribution is -2.17. The molecule has 1 atom stereocenters. The van der Waals surface area contributed by atoms with Crippen LogP contribution in [0.4, 0.5) is 5.82 Å². The molecule has 23 heavy (non-hydrogen) atoms. The minimum atomic E-state index is 0.351. The van der Waals surface area contributed by atoms with Crippen molar-refractivity contribution < 1.29 is 4.74 Å². The Labute approximate surface area is 138 Å². The standard InChI is InChI=1S/C18H26N4O/c1-5-6-8-14(3)21-18-17(11-19-15(4)22-18)23-12-16-10-7-9-13(2)20-16/h7,9-11,14H,5-6,8,12H2,1-4H3,(H,19,21,22)/t14-/m1/s1. The fraction of sp³-hybridized carbons (Fsp3) is 0.500. The molecule has 5 heteroatoms. The molecule has 0 saturated carbocycles. The van der Waals surface area contributed by atoms with E-state index in [1.807, 2.05) is 32.0 Å². The van der Waals surface area contributed by atoms with E-state index in [1.165, 1.54) is 12.8 Å². The summed E-state index contributed by atoms with van der Waals surface area (Å²) in [5, 5.41) is 3.44. The second-order valence-electron chi connectivity index (χ2n) is 5.88. The molecule has 0 amide bonds. The van der Waals surface area contributed by atoms with E-state index in [4.69, 9.17) is 4.74 Å². The number of unbranched alkanes of at least 4 members (excludes halogenated alkanes) is 1. The molecule has 0 unspecified atom stereocenters. The smallest absolute Gasteiger partial charge is 0.180 e. The topological polar surface area (TPSA) is 59.9 Å². The van der Waals surface area contributed by atoms with E-state index in [1.54, 1.807) is 6.20 Å². The van der Waals surface area contributed by atoms with Crippen LogP contribution < -0.4 is 10.1 Å². The van der Waals surface area contributed by atoms with Crippen LogP contribution in [0.5, 0.6) is 5.75 Å². The molecule has 0 aliphatic carbocycles. The zero-order valence-electron chi connectivity index (χ0n) is 14.5. The number of nitrogens with zero attached hydrogens (tertiary/aromatic N) is 3. The van der Waals surface area contributed by atoms with Gasteiger partial charge in [-0.3, -0.25) is 4.98 Å². The van der Waals surface area contributed by atoms with Crippen LogP contribution in [0.1, 0.15) is 50.3 Å². The van der Waals surface area contributed by atoms with E-state index in [9.17, 15) is 0 Å². The highest BCUT2D eigenvalue weighted by molar-refractivity contribution is 5.49. The van der Waals surface area contributed by atoms with E-state index in [0.717, 1.165) is 29.5 Å². The molecule has 2 aromatic rings. The van der Waals surface area contributed by atoms with Gasteiger partial charge in [0.05, 0.1) is 11.9 Å². The Morgan fingerprint density at radius 3 is 2.78 bits per heavy atom. The van der Waals surface area contributed by atoms with Gasteiger partial charge in [0, 0.05) is 11.7 Å². The SMILES string of the molecule is CCCC[C@@H](C)Nc1nc(C)ncc1OCc1cccc(C)n1. The van der Waals surface area contributed by atoms with Gasteiger partial charge in [0.25, 0.3) is 0 Å². The Morgan fingerprint density at radius 2 is 2.04 bits per heavy atom. The molecule has 2 heterocycles. The van der Waals surface area contributed by atoms with Crippen LogP contribution in [-0.4, -0.2) is 21.0 Å². The van der Waals surface area contributed by atoms with Gasteiger partial charge in [-0.05, 0) is 39.3 Å². The lowest BCUT2D eigenvalue weighted by atomic mass is 10.1. The average Bonchev–Trinajstić information content (AvgIpc) is 2.52. The van der Waals surface area contributed by atoms with Crippen LogP contribution in [0.25, 0.3) is 0 Å². The summed E-state index contributed by atoms with van der Waals surface area (Å²) >= 11 is 0. The van der Waals surface area contributed by atoms with Crippen LogP contribution in [-0.2, 0) is 6.61 Å². The first kappa shape index (κ1) is 17.2. The van der Waals surface area contributed by atoms with Crippen LogP contribution in [0.15, 0.2) is 24.4 Å². The maximum absolute atomic E-state index is 5.89. The molecule has 5 nitrogen and oxygen atoms in total. The Bertz CT molecular complexity index is 630. The minimum absolute atomic E-state index is 0.351. The van der Waals surface area contributed by atoms with Crippen LogP contribution in [0.3, 0.4) is 0 Å². The molecule has 0 aliphatic heterocycles. The molecule has 2 rings (SSSR count). The van der Waals surface area contributed by atoms with Gasteiger partial charge in [0.2, 0.25) is 0 Å². The summed E-state index contributed by atoms with van der Waals surface area (Å²) in [5.41, 5.74) is 1.88.